The Morgan fingerprint density at radius 1 is 0.741 bits per heavy atom. The molecule has 0 spiro atoms. The van der Waals surface area contributed by atoms with Gasteiger partial charge >= 0.3 is 23.9 Å². The first-order chi connectivity index (χ1) is 25.2. The summed E-state index contributed by atoms with van der Waals surface area (Å²) >= 11 is 0. The van der Waals surface area contributed by atoms with E-state index in [0.29, 0.717) is 48.9 Å². The molecule has 9 heteroatoms. The Kier molecular flexibility index (Phi) is 8.27. The maximum absolute atomic E-state index is 15.1. The number of carbonyl (C=O) groups is 4. The van der Waals surface area contributed by atoms with Crippen LogP contribution >= 0.6 is 0 Å². The smallest absolute Gasteiger partial charge is 0.312 e. The summed E-state index contributed by atoms with van der Waals surface area (Å²) in [7, 11) is 0. The van der Waals surface area contributed by atoms with Gasteiger partial charge in [0.2, 0.25) is 0 Å². The zero-order valence-corrected chi connectivity index (χ0v) is 34.0. The summed E-state index contributed by atoms with van der Waals surface area (Å²) in [6.45, 7) is 13.7. The van der Waals surface area contributed by atoms with E-state index in [-0.39, 0.29) is 66.0 Å². The molecule has 11 rings (SSSR count). The molecule has 11 fully saturated rings. The Balaban J connectivity index is 0.979. The van der Waals surface area contributed by atoms with E-state index in [1.807, 2.05) is 34.6 Å². The van der Waals surface area contributed by atoms with Gasteiger partial charge in [-0.3, -0.25) is 19.2 Å². The number of hydrogen-bond donors (Lipinski definition) is 1. The number of carbonyl (C=O) groups excluding carboxylic acids is 4. The molecular weight excluding hydrogens is 684 g/mol. The number of rotatable bonds is 12. The fraction of sp³-hybridized carbons (Fsp3) is 0.911. The van der Waals surface area contributed by atoms with Crippen molar-refractivity contribution in [2.75, 3.05) is 0 Å². The van der Waals surface area contributed by atoms with Crippen LogP contribution in [0.4, 0.5) is 0 Å². The zero-order valence-electron chi connectivity index (χ0n) is 34.0. The van der Waals surface area contributed by atoms with E-state index in [4.69, 9.17) is 18.9 Å². The molecule has 1 N–H and O–H groups in total. The van der Waals surface area contributed by atoms with Crippen LogP contribution in [0, 0.1) is 69.0 Å². The van der Waals surface area contributed by atoms with Crippen molar-refractivity contribution in [3.05, 3.63) is 0 Å². The highest BCUT2D eigenvalue weighted by atomic mass is 16.6. The molecule has 0 aromatic rings. The Morgan fingerprint density at radius 2 is 1.33 bits per heavy atom. The third kappa shape index (κ3) is 5.83. The van der Waals surface area contributed by atoms with Gasteiger partial charge in [-0.2, -0.15) is 0 Å². The van der Waals surface area contributed by atoms with Gasteiger partial charge in [0.25, 0.3) is 0 Å². The molecule has 9 nitrogen and oxygen atoms in total. The van der Waals surface area contributed by atoms with E-state index in [0.717, 1.165) is 57.8 Å². The monoisotopic (exact) mass is 750 g/mol. The molecule has 9 unspecified atom stereocenters. The number of aliphatic hydroxyl groups is 1. The minimum atomic E-state index is -1.23. The fourth-order valence-electron chi connectivity index (χ4n) is 15.7. The van der Waals surface area contributed by atoms with E-state index in [1.54, 1.807) is 0 Å². The second kappa shape index (κ2) is 11.9. The lowest BCUT2D eigenvalue weighted by molar-refractivity contribution is -0.227. The standard InChI is InChI=1S/C45H66O9/c1-8-41(6,37(48)52-33-30-13-31-32(14-30)35(46)51-34(31)33)23-42(7,38(49)53-40(4,5)43-15-25-9-26(16-43)11-27(10-25)17-43)22-39(2,3)36(47)54-45-20-28-12-29(21-45)19-44(50,18-28)24-45/h25-34,50H,8-24H2,1-7H3. The average Bonchev–Trinajstić information content (AvgIpc) is 3.67. The van der Waals surface area contributed by atoms with Crippen molar-refractivity contribution < 1.29 is 43.2 Å². The molecular formula is C45H66O9. The normalized spacial score (nSPS) is 45.9. The molecule has 10 saturated carbocycles. The summed E-state index contributed by atoms with van der Waals surface area (Å²) in [5, 5.41) is 11.4. The van der Waals surface area contributed by atoms with Crippen LogP contribution in [0.2, 0.25) is 0 Å². The third-order valence-electron chi connectivity index (χ3n) is 17.5. The molecule has 54 heavy (non-hydrogen) atoms. The van der Waals surface area contributed by atoms with Gasteiger partial charge in [-0.25, -0.2) is 0 Å². The predicted molar refractivity (Wildman–Crippen MR) is 198 cm³/mol. The molecule has 9 atom stereocenters. The highest BCUT2D eigenvalue weighted by Crippen LogP contribution is 2.65. The summed E-state index contributed by atoms with van der Waals surface area (Å²) in [4.78, 5) is 56.5. The molecule has 0 radical (unpaired) electrons. The summed E-state index contributed by atoms with van der Waals surface area (Å²) in [5.74, 6) is 1.67. The van der Waals surface area contributed by atoms with E-state index >= 15 is 4.79 Å². The second-order valence-corrected chi connectivity index (χ2v) is 22.8. The lowest BCUT2D eigenvalue weighted by Gasteiger charge is -2.61. The van der Waals surface area contributed by atoms with Gasteiger partial charge in [0.15, 0.2) is 0 Å². The zero-order chi connectivity index (χ0) is 38.4. The first-order valence-corrected chi connectivity index (χ1v) is 21.8. The first-order valence-electron chi connectivity index (χ1n) is 21.8. The molecule has 300 valence electrons. The summed E-state index contributed by atoms with van der Waals surface area (Å²) in [6, 6.07) is 0. The molecule has 0 amide bonds. The third-order valence-corrected chi connectivity index (χ3v) is 17.5. The Labute approximate surface area is 322 Å². The molecule has 10 bridgehead atoms. The van der Waals surface area contributed by atoms with Gasteiger partial charge < -0.3 is 24.1 Å². The Morgan fingerprint density at radius 3 is 1.91 bits per heavy atom. The van der Waals surface area contributed by atoms with Gasteiger partial charge in [0, 0.05) is 23.7 Å². The maximum atomic E-state index is 15.1. The van der Waals surface area contributed by atoms with Gasteiger partial charge in [-0.15, -0.1) is 0 Å². The molecule has 1 aliphatic heterocycles. The van der Waals surface area contributed by atoms with Crippen molar-refractivity contribution in [1.29, 1.82) is 0 Å². The molecule has 0 aromatic carbocycles. The van der Waals surface area contributed by atoms with Crippen LogP contribution in [0.1, 0.15) is 158 Å². The van der Waals surface area contributed by atoms with Crippen molar-refractivity contribution >= 4 is 23.9 Å². The number of fused-ring (bicyclic) bond motifs is 1. The molecule has 1 heterocycles. The predicted octanol–water partition coefficient (Wildman–Crippen LogP) is 7.87. The second-order valence-electron chi connectivity index (χ2n) is 22.8. The summed E-state index contributed by atoms with van der Waals surface area (Å²) in [5.41, 5.74) is -5.60. The average molecular weight is 751 g/mol. The van der Waals surface area contributed by atoms with Crippen LogP contribution in [-0.2, 0) is 38.1 Å². The summed E-state index contributed by atoms with van der Waals surface area (Å²) < 4.78 is 25.4. The number of esters is 4. The van der Waals surface area contributed by atoms with Gasteiger partial charge in [-0.05, 0) is 174 Å². The first kappa shape index (κ1) is 37.4. The van der Waals surface area contributed by atoms with Crippen molar-refractivity contribution in [2.24, 2.45) is 69.0 Å². The van der Waals surface area contributed by atoms with Crippen molar-refractivity contribution in [2.45, 2.75) is 187 Å². The van der Waals surface area contributed by atoms with Crippen LogP contribution in [0.15, 0.2) is 0 Å². The van der Waals surface area contributed by atoms with Crippen LogP contribution in [0.5, 0.6) is 0 Å². The van der Waals surface area contributed by atoms with E-state index in [2.05, 4.69) is 13.8 Å². The van der Waals surface area contributed by atoms with Crippen LogP contribution in [0.3, 0.4) is 0 Å². The van der Waals surface area contributed by atoms with Gasteiger partial charge in [-0.1, -0.05) is 6.92 Å². The molecule has 1 saturated heterocycles. The van der Waals surface area contributed by atoms with E-state index in [9.17, 15) is 19.5 Å². The fourth-order valence-corrected chi connectivity index (χ4v) is 15.7. The Hall–Kier alpha value is -2.16. The topological polar surface area (TPSA) is 125 Å². The van der Waals surface area contributed by atoms with Gasteiger partial charge in [0.1, 0.15) is 23.4 Å². The molecule has 11 aliphatic rings. The van der Waals surface area contributed by atoms with Crippen molar-refractivity contribution in [3.63, 3.8) is 0 Å². The van der Waals surface area contributed by atoms with Crippen molar-refractivity contribution in [1.82, 2.24) is 0 Å². The number of ether oxygens (including phenoxy) is 4. The van der Waals surface area contributed by atoms with Gasteiger partial charge in [0.05, 0.1) is 27.8 Å². The highest BCUT2D eigenvalue weighted by molar-refractivity contribution is 5.83. The largest absolute Gasteiger partial charge is 0.459 e. The Bertz CT molecular complexity index is 1560. The highest BCUT2D eigenvalue weighted by Gasteiger charge is 2.65. The minimum Gasteiger partial charge on any atom is -0.459 e. The van der Waals surface area contributed by atoms with Crippen LogP contribution in [0.25, 0.3) is 0 Å². The van der Waals surface area contributed by atoms with Crippen LogP contribution < -0.4 is 0 Å². The van der Waals surface area contributed by atoms with Crippen LogP contribution in [-0.4, -0.2) is 58.0 Å². The minimum absolute atomic E-state index is 0.0725. The lowest BCUT2D eigenvalue weighted by atomic mass is 9.46. The SMILES string of the molecule is CCC(C)(CC(C)(CC(C)(C)C(=O)OC12CC3CC(CC(O)(C3)C1)C2)C(=O)OC(C)(C)C12CC3CC(CC(C3)C1)C2)C(=O)OC1C2CC3C(=O)OC1C3C2. The van der Waals surface area contributed by atoms with E-state index in [1.165, 1.54) is 19.3 Å². The molecule has 0 aromatic heterocycles. The number of hydrogen-bond acceptors (Lipinski definition) is 9. The quantitative estimate of drug-likeness (QED) is 0.157. The maximum Gasteiger partial charge on any atom is 0.312 e. The lowest BCUT2D eigenvalue weighted by Crippen LogP contribution is -2.61. The van der Waals surface area contributed by atoms with E-state index < -0.39 is 39.2 Å². The molecule has 10 aliphatic carbocycles. The van der Waals surface area contributed by atoms with Crippen molar-refractivity contribution in [3.8, 4) is 0 Å². The summed E-state index contributed by atoms with van der Waals surface area (Å²) in [6.07, 6.45) is 13.2.